The van der Waals surface area contributed by atoms with Crippen molar-refractivity contribution in [3.05, 3.63) is 54.1 Å². The first-order valence-electron chi connectivity index (χ1n) is 11.3. The second kappa shape index (κ2) is 11.5. The van der Waals surface area contributed by atoms with Crippen LogP contribution in [0, 0.1) is 0 Å². The lowest BCUT2D eigenvalue weighted by Gasteiger charge is -2.28. The van der Waals surface area contributed by atoms with Crippen LogP contribution in [0.5, 0.6) is 0 Å². The van der Waals surface area contributed by atoms with Crippen molar-refractivity contribution in [1.82, 2.24) is 9.21 Å². The molecule has 1 aliphatic rings. The molecule has 3 rings (SSSR count). The minimum absolute atomic E-state index is 0.133. The maximum absolute atomic E-state index is 12.7. The van der Waals surface area contributed by atoms with E-state index in [1.165, 1.54) is 40.5 Å². The lowest BCUT2D eigenvalue weighted by Crippen LogP contribution is -2.36. The number of hydrogen-bond acceptors (Lipinski definition) is 6. The van der Waals surface area contributed by atoms with E-state index in [0.717, 1.165) is 18.8 Å². The Morgan fingerprint density at radius 2 is 1.56 bits per heavy atom. The summed E-state index contributed by atoms with van der Waals surface area (Å²) < 4.78 is 31.9. The first-order valence-corrected chi connectivity index (χ1v) is 12.8. The summed E-state index contributed by atoms with van der Waals surface area (Å²) in [7, 11) is -2.06. The van der Waals surface area contributed by atoms with Gasteiger partial charge >= 0.3 is 0 Å². The van der Waals surface area contributed by atoms with Crippen LogP contribution in [0.15, 0.2) is 53.4 Å². The molecule has 2 aromatic rings. The Hall–Kier alpha value is -2.95. The van der Waals surface area contributed by atoms with Crippen molar-refractivity contribution in [3.63, 3.8) is 0 Å². The van der Waals surface area contributed by atoms with Gasteiger partial charge in [0.05, 0.1) is 24.7 Å². The molecule has 34 heavy (non-hydrogen) atoms. The highest BCUT2D eigenvalue weighted by molar-refractivity contribution is 7.89. The Labute approximate surface area is 201 Å². The third-order valence-electron chi connectivity index (χ3n) is 5.70. The summed E-state index contributed by atoms with van der Waals surface area (Å²) in [6, 6.07) is 13.3. The highest BCUT2D eigenvalue weighted by Crippen LogP contribution is 2.19. The van der Waals surface area contributed by atoms with E-state index in [2.05, 4.69) is 10.2 Å². The molecule has 0 atom stereocenters. The van der Waals surface area contributed by atoms with Gasteiger partial charge in [-0.15, -0.1) is 0 Å². The second-order valence-electron chi connectivity index (χ2n) is 7.97. The summed E-state index contributed by atoms with van der Waals surface area (Å²) in [5.41, 5.74) is 2.03. The van der Waals surface area contributed by atoms with Gasteiger partial charge in [0.15, 0.2) is 0 Å². The van der Waals surface area contributed by atoms with E-state index in [4.69, 9.17) is 4.74 Å². The fourth-order valence-electron chi connectivity index (χ4n) is 3.77. The summed E-state index contributed by atoms with van der Waals surface area (Å²) in [6.45, 7) is 7.22. The predicted octanol–water partition coefficient (Wildman–Crippen LogP) is 2.26. The number of nitrogens with zero attached hydrogens (tertiary/aromatic N) is 3. The molecule has 1 saturated heterocycles. The van der Waals surface area contributed by atoms with E-state index in [0.29, 0.717) is 37.6 Å². The zero-order valence-corrected chi connectivity index (χ0v) is 20.7. The summed E-state index contributed by atoms with van der Waals surface area (Å²) >= 11 is 0. The van der Waals surface area contributed by atoms with Crippen molar-refractivity contribution in [2.24, 2.45) is 0 Å². The normalized spacial score (nSPS) is 14.2. The predicted molar refractivity (Wildman–Crippen MR) is 132 cm³/mol. The largest absolute Gasteiger partial charge is 0.378 e. The van der Waals surface area contributed by atoms with Crippen LogP contribution in [-0.4, -0.2) is 82.4 Å². The topological polar surface area (TPSA) is 99.3 Å². The molecule has 1 heterocycles. The number of ether oxygens (including phenoxy) is 1. The van der Waals surface area contributed by atoms with Crippen molar-refractivity contribution in [1.29, 1.82) is 0 Å². The quantitative estimate of drug-likeness (QED) is 0.581. The maximum Gasteiger partial charge on any atom is 0.254 e. The zero-order chi connectivity index (χ0) is 24.7. The molecule has 1 fully saturated rings. The number of likely N-dealkylation sites (N-methyl/N-ethyl adjacent to an activating group) is 1. The Balaban J connectivity index is 1.57. The average molecular weight is 489 g/mol. The minimum Gasteiger partial charge on any atom is -0.378 e. The van der Waals surface area contributed by atoms with Crippen LogP contribution in [0.3, 0.4) is 0 Å². The van der Waals surface area contributed by atoms with Gasteiger partial charge in [0.25, 0.3) is 5.91 Å². The van der Waals surface area contributed by atoms with Crippen LogP contribution in [0.25, 0.3) is 0 Å². The van der Waals surface area contributed by atoms with E-state index in [1.807, 2.05) is 24.3 Å². The third kappa shape index (κ3) is 6.13. The number of morpholine rings is 1. The molecule has 0 saturated carbocycles. The fourth-order valence-corrected chi connectivity index (χ4v) is 5.23. The van der Waals surface area contributed by atoms with Crippen molar-refractivity contribution in [3.8, 4) is 0 Å². The van der Waals surface area contributed by atoms with Crippen LogP contribution in [0.4, 0.5) is 11.4 Å². The molecular weight excluding hydrogens is 456 g/mol. The Bertz CT molecular complexity index is 1080. The van der Waals surface area contributed by atoms with Crippen LogP contribution >= 0.6 is 0 Å². The highest BCUT2D eigenvalue weighted by atomic mass is 32.2. The molecule has 1 N–H and O–H groups in total. The fraction of sp³-hybridized carbons (Fsp3) is 0.417. The van der Waals surface area contributed by atoms with Crippen LogP contribution in [0.2, 0.25) is 0 Å². The number of amides is 2. The number of hydrogen-bond donors (Lipinski definition) is 1. The molecule has 1 aliphatic heterocycles. The summed E-state index contributed by atoms with van der Waals surface area (Å²) in [6.07, 6.45) is 0. The van der Waals surface area contributed by atoms with Gasteiger partial charge in [0, 0.05) is 50.2 Å². The van der Waals surface area contributed by atoms with Crippen LogP contribution in [0.1, 0.15) is 24.2 Å². The van der Waals surface area contributed by atoms with Gasteiger partial charge in [0.1, 0.15) is 0 Å². The number of nitrogens with one attached hydrogen (secondary N) is 1. The Morgan fingerprint density at radius 1 is 0.971 bits per heavy atom. The molecule has 2 amide bonds. The Morgan fingerprint density at radius 3 is 2.12 bits per heavy atom. The lowest BCUT2D eigenvalue weighted by molar-refractivity contribution is -0.116. The van der Waals surface area contributed by atoms with Crippen LogP contribution < -0.4 is 10.2 Å². The van der Waals surface area contributed by atoms with Gasteiger partial charge in [0.2, 0.25) is 15.9 Å². The molecule has 0 aromatic heterocycles. The minimum atomic E-state index is -3.59. The molecule has 10 heteroatoms. The molecule has 9 nitrogen and oxygen atoms in total. The van der Waals surface area contributed by atoms with Crippen LogP contribution in [-0.2, 0) is 19.6 Å². The van der Waals surface area contributed by atoms with E-state index in [-0.39, 0.29) is 23.3 Å². The molecule has 0 unspecified atom stereocenters. The third-order valence-corrected chi connectivity index (χ3v) is 7.76. The second-order valence-corrected chi connectivity index (χ2v) is 9.91. The molecule has 2 aromatic carbocycles. The summed E-state index contributed by atoms with van der Waals surface area (Å²) in [4.78, 5) is 28.8. The molecule has 0 aliphatic carbocycles. The summed E-state index contributed by atoms with van der Waals surface area (Å²) in [5, 5.41) is 2.80. The highest BCUT2D eigenvalue weighted by Gasteiger charge is 2.22. The van der Waals surface area contributed by atoms with Gasteiger partial charge in [-0.1, -0.05) is 13.8 Å². The molecule has 184 valence electrons. The number of carbonyl (C=O) groups excluding carboxylic acids is 2. The standard InChI is InChI=1S/C24H32N4O5S/c1-4-28(5-2)34(31,32)22-12-6-19(7-13-22)24(30)26(3)18-23(29)25-20-8-10-21(11-9-20)27-14-16-33-17-15-27/h6-13H,4-5,14-18H2,1-3H3,(H,25,29). The van der Waals surface area contributed by atoms with Gasteiger partial charge in [-0.2, -0.15) is 4.31 Å². The van der Waals surface area contributed by atoms with E-state index < -0.39 is 10.0 Å². The zero-order valence-electron chi connectivity index (χ0n) is 19.9. The first kappa shape index (κ1) is 25.7. The molecule has 0 spiro atoms. The maximum atomic E-state index is 12.7. The molecule has 0 radical (unpaired) electrons. The van der Waals surface area contributed by atoms with Gasteiger partial charge in [-0.3, -0.25) is 9.59 Å². The number of rotatable bonds is 9. The average Bonchev–Trinajstić information content (AvgIpc) is 2.85. The van der Waals surface area contributed by atoms with Gasteiger partial charge in [-0.25, -0.2) is 8.42 Å². The monoisotopic (exact) mass is 488 g/mol. The smallest absolute Gasteiger partial charge is 0.254 e. The SMILES string of the molecule is CCN(CC)S(=O)(=O)c1ccc(C(=O)N(C)CC(=O)Nc2ccc(N3CCOCC3)cc2)cc1. The Kier molecular flexibility index (Phi) is 8.65. The number of benzene rings is 2. The molecule has 0 bridgehead atoms. The van der Waals surface area contributed by atoms with Gasteiger partial charge < -0.3 is 19.9 Å². The van der Waals surface area contributed by atoms with Crippen molar-refractivity contribution >= 4 is 33.2 Å². The van der Waals surface area contributed by atoms with Crippen molar-refractivity contribution in [2.75, 3.05) is 63.2 Å². The first-order chi connectivity index (χ1) is 16.3. The van der Waals surface area contributed by atoms with Crippen molar-refractivity contribution < 1.29 is 22.7 Å². The van der Waals surface area contributed by atoms with Crippen molar-refractivity contribution in [2.45, 2.75) is 18.7 Å². The van der Waals surface area contributed by atoms with E-state index in [9.17, 15) is 18.0 Å². The lowest BCUT2D eigenvalue weighted by atomic mass is 10.2. The number of anilines is 2. The molecular formula is C24H32N4O5S. The van der Waals surface area contributed by atoms with E-state index in [1.54, 1.807) is 13.8 Å². The number of sulfonamides is 1. The van der Waals surface area contributed by atoms with E-state index >= 15 is 0 Å². The summed E-state index contributed by atoms with van der Waals surface area (Å²) in [5.74, 6) is -0.694. The van der Waals surface area contributed by atoms with Gasteiger partial charge in [-0.05, 0) is 48.5 Å². The number of carbonyl (C=O) groups is 2.